The lowest BCUT2D eigenvalue weighted by atomic mass is 9.95. The summed E-state index contributed by atoms with van der Waals surface area (Å²) in [6, 6.07) is 11.6. The number of hydrogen-bond acceptors (Lipinski definition) is 2. The van der Waals surface area contributed by atoms with Crippen molar-refractivity contribution in [1.82, 2.24) is 0 Å². The standard InChI is InChI=1S/C17H17BrO2/c1-4-13-15(20-3)10-9-14(18)16(13)17(19)12-7-5-11(2)6-8-12/h4-10,17,19H,1H2,2-3H3. The normalized spacial score (nSPS) is 12.0. The fourth-order valence-corrected chi connectivity index (χ4v) is 2.73. The minimum Gasteiger partial charge on any atom is -0.496 e. The Hall–Kier alpha value is -1.58. The average molecular weight is 333 g/mol. The molecule has 0 aliphatic rings. The van der Waals surface area contributed by atoms with E-state index in [1.807, 2.05) is 43.3 Å². The van der Waals surface area contributed by atoms with Gasteiger partial charge in [-0.1, -0.05) is 58.4 Å². The Bertz CT molecular complexity index is 618. The third-order valence-electron chi connectivity index (χ3n) is 3.28. The molecular weight excluding hydrogens is 316 g/mol. The Morgan fingerprint density at radius 3 is 2.40 bits per heavy atom. The zero-order chi connectivity index (χ0) is 14.7. The van der Waals surface area contributed by atoms with Gasteiger partial charge in [0.2, 0.25) is 0 Å². The molecule has 0 aliphatic carbocycles. The van der Waals surface area contributed by atoms with Crippen LogP contribution in [0, 0.1) is 6.92 Å². The monoisotopic (exact) mass is 332 g/mol. The van der Waals surface area contributed by atoms with Crippen molar-refractivity contribution < 1.29 is 9.84 Å². The highest BCUT2D eigenvalue weighted by Gasteiger charge is 2.19. The predicted octanol–water partition coefficient (Wildman–Crippen LogP) is 4.49. The first-order chi connectivity index (χ1) is 9.58. The van der Waals surface area contributed by atoms with E-state index in [9.17, 15) is 5.11 Å². The maximum Gasteiger partial charge on any atom is 0.126 e. The SMILES string of the molecule is C=Cc1c(OC)ccc(Br)c1C(O)c1ccc(C)cc1. The van der Waals surface area contributed by atoms with E-state index in [0.717, 1.165) is 26.7 Å². The summed E-state index contributed by atoms with van der Waals surface area (Å²) < 4.78 is 6.17. The number of hydrogen-bond donors (Lipinski definition) is 1. The molecule has 20 heavy (non-hydrogen) atoms. The van der Waals surface area contributed by atoms with Crippen molar-refractivity contribution in [2.45, 2.75) is 13.0 Å². The molecule has 1 N–H and O–H groups in total. The summed E-state index contributed by atoms with van der Waals surface area (Å²) in [5.41, 5.74) is 3.57. The van der Waals surface area contributed by atoms with Crippen molar-refractivity contribution in [3.63, 3.8) is 0 Å². The molecular formula is C17H17BrO2. The van der Waals surface area contributed by atoms with E-state index in [2.05, 4.69) is 22.5 Å². The van der Waals surface area contributed by atoms with Crippen molar-refractivity contribution in [3.8, 4) is 5.75 Å². The summed E-state index contributed by atoms with van der Waals surface area (Å²) in [5, 5.41) is 10.7. The zero-order valence-electron chi connectivity index (χ0n) is 11.6. The second-order valence-electron chi connectivity index (χ2n) is 4.59. The predicted molar refractivity (Wildman–Crippen MR) is 86.0 cm³/mol. The number of aliphatic hydroxyl groups is 1. The summed E-state index contributed by atoms with van der Waals surface area (Å²) in [6.07, 6.45) is 0.976. The minimum absolute atomic E-state index is 0.698. The van der Waals surface area contributed by atoms with Gasteiger partial charge >= 0.3 is 0 Å². The van der Waals surface area contributed by atoms with Crippen LogP contribution in [0.1, 0.15) is 28.4 Å². The lowest BCUT2D eigenvalue weighted by Crippen LogP contribution is -2.04. The molecule has 2 rings (SSSR count). The van der Waals surface area contributed by atoms with Crippen LogP contribution >= 0.6 is 15.9 Å². The molecule has 2 aromatic carbocycles. The molecule has 0 aromatic heterocycles. The van der Waals surface area contributed by atoms with Gasteiger partial charge in [0.25, 0.3) is 0 Å². The molecule has 0 saturated heterocycles. The van der Waals surface area contributed by atoms with Crippen molar-refractivity contribution in [2.24, 2.45) is 0 Å². The smallest absolute Gasteiger partial charge is 0.126 e. The molecule has 104 valence electrons. The molecule has 2 aromatic rings. The second-order valence-corrected chi connectivity index (χ2v) is 5.45. The molecule has 2 nitrogen and oxygen atoms in total. The number of methoxy groups -OCH3 is 1. The van der Waals surface area contributed by atoms with Crippen LogP contribution < -0.4 is 4.74 Å². The first kappa shape index (κ1) is 14.8. The van der Waals surface area contributed by atoms with Gasteiger partial charge in [-0.05, 0) is 24.6 Å². The molecule has 0 bridgehead atoms. The highest BCUT2D eigenvalue weighted by Crippen LogP contribution is 2.37. The summed E-state index contributed by atoms with van der Waals surface area (Å²) in [5.74, 6) is 0.698. The summed E-state index contributed by atoms with van der Waals surface area (Å²) in [7, 11) is 1.61. The van der Waals surface area contributed by atoms with Gasteiger partial charge in [-0.3, -0.25) is 0 Å². The van der Waals surface area contributed by atoms with Crippen molar-refractivity contribution in [2.75, 3.05) is 7.11 Å². The van der Waals surface area contributed by atoms with Crippen LogP contribution in [0.3, 0.4) is 0 Å². The van der Waals surface area contributed by atoms with Gasteiger partial charge < -0.3 is 9.84 Å². The Kier molecular flexibility index (Phi) is 4.63. The maximum atomic E-state index is 10.7. The van der Waals surface area contributed by atoms with Crippen LogP contribution in [0.25, 0.3) is 6.08 Å². The highest BCUT2D eigenvalue weighted by atomic mass is 79.9. The molecule has 0 aliphatic heterocycles. The molecule has 3 heteroatoms. The minimum atomic E-state index is -0.729. The van der Waals surface area contributed by atoms with Gasteiger partial charge in [-0.15, -0.1) is 0 Å². The molecule has 1 atom stereocenters. The third kappa shape index (κ3) is 2.79. The fourth-order valence-electron chi connectivity index (χ4n) is 2.17. The Morgan fingerprint density at radius 2 is 1.85 bits per heavy atom. The van der Waals surface area contributed by atoms with Crippen LogP contribution in [-0.4, -0.2) is 12.2 Å². The highest BCUT2D eigenvalue weighted by molar-refractivity contribution is 9.10. The Balaban J connectivity index is 2.56. The first-order valence-corrected chi connectivity index (χ1v) is 7.11. The number of aryl methyl sites for hydroxylation is 1. The first-order valence-electron chi connectivity index (χ1n) is 6.32. The van der Waals surface area contributed by atoms with Crippen LogP contribution in [0.2, 0.25) is 0 Å². The van der Waals surface area contributed by atoms with Gasteiger partial charge in [0.15, 0.2) is 0 Å². The molecule has 0 radical (unpaired) electrons. The fraction of sp³-hybridized carbons (Fsp3) is 0.176. The number of aliphatic hydroxyl groups excluding tert-OH is 1. The number of rotatable bonds is 4. The van der Waals surface area contributed by atoms with E-state index in [4.69, 9.17) is 4.74 Å². The summed E-state index contributed by atoms with van der Waals surface area (Å²) in [4.78, 5) is 0. The van der Waals surface area contributed by atoms with E-state index in [1.165, 1.54) is 0 Å². The van der Waals surface area contributed by atoms with E-state index in [0.29, 0.717) is 5.75 Å². The number of halogens is 1. The van der Waals surface area contributed by atoms with Gasteiger partial charge in [0.05, 0.1) is 7.11 Å². The Morgan fingerprint density at radius 1 is 1.20 bits per heavy atom. The van der Waals surface area contributed by atoms with Crippen LogP contribution in [0.4, 0.5) is 0 Å². The van der Waals surface area contributed by atoms with Crippen LogP contribution in [0.5, 0.6) is 5.75 Å². The van der Waals surface area contributed by atoms with E-state index in [-0.39, 0.29) is 0 Å². The zero-order valence-corrected chi connectivity index (χ0v) is 13.1. The molecule has 0 saturated carbocycles. The second kappa shape index (κ2) is 6.25. The van der Waals surface area contributed by atoms with Crippen LogP contribution in [-0.2, 0) is 0 Å². The number of benzene rings is 2. The van der Waals surface area contributed by atoms with Crippen LogP contribution in [0.15, 0.2) is 47.4 Å². The van der Waals surface area contributed by atoms with E-state index < -0.39 is 6.10 Å². The third-order valence-corrected chi connectivity index (χ3v) is 3.98. The lowest BCUT2D eigenvalue weighted by molar-refractivity contribution is 0.218. The maximum absolute atomic E-state index is 10.7. The van der Waals surface area contributed by atoms with Crippen molar-refractivity contribution in [1.29, 1.82) is 0 Å². The van der Waals surface area contributed by atoms with E-state index >= 15 is 0 Å². The molecule has 0 heterocycles. The van der Waals surface area contributed by atoms with Gasteiger partial charge in [0, 0.05) is 15.6 Å². The summed E-state index contributed by atoms with van der Waals surface area (Å²) in [6.45, 7) is 5.84. The quantitative estimate of drug-likeness (QED) is 0.893. The van der Waals surface area contributed by atoms with Gasteiger partial charge in [0.1, 0.15) is 11.9 Å². The molecule has 1 unspecified atom stereocenters. The van der Waals surface area contributed by atoms with Crippen molar-refractivity contribution in [3.05, 3.63) is 69.7 Å². The summed E-state index contributed by atoms with van der Waals surface area (Å²) >= 11 is 3.50. The Labute approximate surface area is 127 Å². The largest absolute Gasteiger partial charge is 0.496 e. The lowest BCUT2D eigenvalue weighted by Gasteiger charge is -2.18. The average Bonchev–Trinajstić information content (AvgIpc) is 2.46. The van der Waals surface area contributed by atoms with Crippen molar-refractivity contribution >= 4 is 22.0 Å². The van der Waals surface area contributed by atoms with E-state index in [1.54, 1.807) is 13.2 Å². The molecule has 0 fully saturated rings. The van der Waals surface area contributed by atoms with Gasteiger partial charge in [-0.25, -0.2) is 0 Å². The van der Waals surface area contributed by atoms with Gasteiger partial charge in [-0.2, -0.15) is 0 Å². The topological polar surface area (TPSA) is 29.5 Å². The molecule has 0 spiro atoms. The molecule has 0 amide bonds. The number of ether oxygens (including phenoxy) is 1.